The number of aromatic amines is 1. The van der Waals surface area contributed by atoms with Crippen molar-refractivity contribution < 1.29 is 0 Å². The highest BCUT2D eigenvalue weighted by Crippen LogP contribution is 2.31. The fraction of sp³-hybridized carbons (Fsp3) is 0.273. The van der Waals surface area contributed by atoms with E-state index in [4.69, 9.17) is 28.9 Å². The van der Waals surface area contributed by atoms with E-state index in [-0.39, 0.29) is 0 Å². The Kier molecular flexibility index (Phi) is 2.91. The highest BCUT2D eigenvalue weighted by molar-refractivity contribution is 6.42. The van der Waals surface area contributed by atoms with Crippen LogP contribution < -0.4 is 5.73 Å². The van der Waals surface area contributed by atoms with Gasteiger partial charge in [-0.25, -0.2) is 0 Å². The van der Waals surface area contributed by atoms with Gasteiger partial charge in [-0.1, -0.05) is 30.1 Å². The van der Waals surface area contributed by atoms with Gasteiger partial charge >= 0.3 is 0 Å². The van der Waals surface area contributed by atoms with Crippen molar-refractivity contribution in [2.45, 2.75) is 19.9 Å². The molecule has 0 saturated carbocycles. The van der Waals surface area contributed by atoms with Crippen LogP contribution in [-0.2, 0) is 13.0 Å². The summed E-state index contributed by atoms with van der Waals surface area (Å²) in [6.45, 7) is 2.61. The van der Waals surface area contributed by atoms with Crippen molar-refractivity contribution >= 4 is 34.1 Å². The van der Waals surface area contributed by atoms with Gasteiger partial charge < -0.3 is 10.7 Å². The number of fused-ring (bicyclic) bond motifs is 1. The molecule has 2 aromatic rings. The maximum atomic E-state index is 5.98. The van der Waals surface area contributed by atoms with Crippen molar-refractivity contribution in [2.75, 3.05) is 0 Å². The van der Waals surface area contributed by atoms with Gasteiger partial charge in [0.15, 0.2) is 0 Å². The number of nitrogens with two attached hydrogens (primary N) is 1. The predicted molar refractivity (Wildman–Crippen MR) is 65.6 cm³/mol. The highest BCUT2D eigenvalue weighted by atomic mass is 35.5. The van der Waals surface area contributed by atoms with Crippen LogP contribution in [0.15, 0.2) is 12.1 Å². The number of aromatic nitrogens is 1. The van der Waals surface area contributed by atoms with E-state index in [0.29, 0.717) is 16.6 Å². The van der Waals surface area contributed by atoms with Crippen LogP contribution in [0.2, 0.25) is 10.0 Å². The normalized spacial score (nSPS) is 11.2. The Labute approximate surface area is 98.4 Å². The summed E-state index contributed by atoms with van der Waals surface area (Å²) >= 11 is 11.9. The molecule has 0 saturated heterocycles. The molecule has 0 bridgehead atoms. The lowest BCUT2D eigenvalue weighted by Gasteiger charge is -1.99. The number of rotatable bonds is 2. The first kappa shape index (κ1) is 10.8. The Morgan fingerprint density at radius 1 is 1.27 bits per heavy atom. The number of hydrogen-bond donors (Lipinski definition) is 2. The molecule has 2 rings (SSSR count). The molecule has 1 aromatic heterocycles. The molecule has 1 aromatic carbocycles. The monoisotopic (exact) mass is 242 g/mol. The van der Waals surface area contributed by atoms with Crippen molar-refractivity contribution in [3.8, 4) is 0 Å². The van der Waals surface area contributed by atoms with Gasteiger partial charge in [0.1, 0.15) is 0 Å². The van der Waals surface area contributed by atoms with E-state index in [2.05, 4.69) is 11.9 Å². The summed E-state index contributed by atoms with van der Waals surface area (Å²) < 4.78 is 0. The molecule has 0 aliphatic rings. The van der Waals surface area contributed by atoms with E-state index >= 15 is 0 Å². The van der Waals surface area contributed by atoms with Crippen molar-refractivity contribution in [3.05, 3.63) is 33.4 Å². The smallest absolute Gasteiger partial charge is 0.0613 e. The number of H-pyrrole nitrogens is 1. The topological polar surface area (TPSA) is 41.8 Å². The first-order chi connectivity index (χ1) is 7.17. The zero-order valence-corrected chi connectivity index (χ0v) is 9.91. The molecule has 0 aliphatic heterocycles. The van der Waals surface area contributed by atoms with Crippen LogP contribution in [-0.4, -0.2) is 4.98 Å². The van der Waals surface area contributed by atoms with Crippen molar-refractivity contribution in [2.24, 2.45) is 5.73 Å². The molecule has 0 fully saturated rings. The first-order valence-electron chi connectivity index (χ1n) is 4.86. The Balaban J connectivity index is 2.77. The standard InChI is InChI=1S/C11H12Cl2N2/c1-2-10-7(5-14)6-3-8(12)9(13)4-11(6)15-10/h3-4,15H,2,5,14H2,1H3. The second kappa shape index (κ2) is 4.05. The Morgan fingerprint density at radius 3 is 2.53 bits per heavy atom. The zero-order chi connectivity index (χ0) is 11.0. The molecule has 0 radical (unpaired) electrons. The quantitative estimate of drug-likeness (QED) is 0.832. The summed E-state index contributed by atoms with van der Waals surface area (Å²) in [7, 11) is 0. The fourth-order valence-corrected chi connectivity index (χ4v) is 2.16. The van der Waals surface area contributed by atoms with Crippen LogP contribution in [0.5, 0.6) is 0 Å². The molecule has 1 heterocycles. The molecule has 15 heavy (non-hydrogen) atoms. The van der Waals surface area contributed by atoms with Crippen molar-refractivity contribution in [1.82, 2.24) is 4.98 Å². The Morgan fingerprint density at radius 2 is 1.93 bits per heavy atom. The fourth-order valence-electron chi connectivity index (χ4n) is 1.84. The van der Waals surface area contributed by atoms with Crippen LogP contribution in [0.25, 0.3) is 10.9 Å². The first-order valence-corrected chi connectivity index (χ1v) is 5.61. The lowest BCUT2D eigenvalue weighted by Crippen LogP contribution is -1.98. The number of benzene rings is 1. The van der Waals surface area contributed by atoms with Crippen molar-refractivity contribution in [3.63, 3.8) is 0 Å². The average Bonchev–Trinajstić information content (AvgIpc) is 2.56. The van der Waals surface area contributed by atoms with Gasteiger partial charge in [0.05, 0.1) is 10.0 Å². The van der Waals surface area contributed by atoms with Crippen LogP contribution >= 0.6 is 23.2 Å². The second-order valence-electron chi connectivity index (χ2n) is 3.45. The summed E-state index contributed by atoms with van der Waals surface area (Å²) in [5.41, 5.74) is 9.02. The maximum Gasteiger partial charge on any atom is 0.0613 e. The molecule has 80 valence electrons. The minimum atomic E-state index is 0.515. The van der Waals surface area contributed by atoms with E-state index in [1.807, 2.05) is 12.1 Å². The lowest BCUT2D eigenvalue weighted by atomic mass is 10.1. The molecule has 4 heteroatoms. The van der Waals surface area contributed by atoms with E-state index < -0.39 is 0 Å². The van der Waals surface area contributed by atoms with Gasteiger partial charge in [0.2, 0.25) is 0 Å². The van der Waals surface area contributed by atoms with Crippen LogP contribution in [0, 0.1) is 0 Å². The Bertz CT molecular complexity index is 503. The number of hydrogen-bond acceptors (Lipinski definition) is 1. The summed E-state index contributed by atoms with van der Waals surface area (Å²) in [6.07, 6.45) is 0.927. The minimum Gasteiger partial charge on any atom is -0.358 e. The molecular weight excluding hydrogens is 231 g/mol. The zero-order valence-electron chi connectivity index (χ0n) is 8.40. The molecule has 0 spiro atoms. The molecule has 0 atom stereocenters. The van der Waals surface area contributed by atoms with Gasteiger partial charge in [-0.3, -0.25) is 0 Å². The summed E-state index contributed by atoms with van der Waals surface area (Å²) in [5, 5.41) is 2.21. The molecule has 0 aliphatic carbocycles. The largest absolute Gasteiger partial charge is 0.358 e. The predicted octanol–water partition coefficient (Wildman–Crippen LogP) is 3.50. The van der Waals surface area contributed by atoms with Gasteiger partial charge in [0, 0.05) is 23.1 Å². The highest BCUT2D eigenvalue weighted by Gasteiger charge is 2.10. The van der Waals surface area contributed by atoms with E-state index in [1.165, 1.54) is 0 Å². The van der Waals surface area contributed by atoms with Crippen LogP contribution in [0.3, 0.4) is 0 Å². The molecule has 0 unspecified atom stereocenters. The molecule has 0 amide bonds. The second-order valence-corrected chi connectivity index (χ2v) is 4.27. The third kappa shape index (κ3) is 1.73. The van der Waals surface area contributed by atoms with E-state index in [0.717, 1.165) is 28.6 Å². The summed E-state index contributed by atoms with van der Waals surface area (Å²) in [6, 6.07) is 3.72. The van der Waals surface area contributed by atoms with Gasteiger partial charge in [-0.15, -0.1) is 0 Å². The third-order valence-electron chi connectivity index (χ3n) is 2.59. The number of aryl methyl sites for hydroxylation is 1. The lowest BCUT2D eigenvalue weighted by molar-refractivity contribution is 0.987. The van der Waals surface area contributed by atoms with Crippen LogP contribution in [0.4, 0.5) is 0 Å². The van der Waals surface area contributed by atoms with Crippen LogP contribution in [0.1, 0.15) is 18.2 Å². The Hall–Kier alpha value is -0.700. The molecular formula is C11H12Cl2N2. The van der Waals surface area contributed by atoms with Gasteiger partial charge in [-0.05, 0) is 24.1 Å². The number of nitrogens with one attached hydrogen (secondary N) is 1. The maximum absolute atomic E-state index is 5.98. The van der Waals surface area contributed by atoms with E-state index in [1.54, 1.807) is 0 Å². The SMILES string of the molecule is CCc1[nH]c2cc(Cl)c(Cl)cc2c1CN. The minimum absolute atomic E-state index is 0.515. The summed E-state index contributed by atoms with van der Waals surface area (Å²) in [5.74, 6) is 0. The average molecular weight is 243 g/mol. The number of halogens is 2. The van der Waals surface area contributed by atoms with Gasteiger partial charge in [-0.2, -0.15) is 0 Å². The third-order valence-corrected chi connectivity index (χ3v) is 3.32. The summed E-state index contributed by atoms with van der Waals surface area (Å²) in [4.78, 5) is 3.31. The molecule has 2 nitrogen and oxygen atoms in total. The van der Waals surface area contributed by atoms with E-state index in [9.17, 15) is 0 Å². The van der Waals surface area contributed by atoms with Crippen molar-refractivity contribution in [1.29, 1.82) is 0 Å². The van der Waals surface area contributed by atoms with Gasteiger partial charge in [0.25, 0.3) is 0 Å². The molecule has 3 N–H and O–H groups in total.